The number of phenolic OH excluding ortho intramolecular Hbond substituents is 1. The summed E-state index contributed by atoms with van der Waals surface area (Å²) in [6.07, 6.45) is -0.154. The summed E-state index contributed by atoms with van der Waals surface area (Å²) < 4.78 is 0. The molecule has 0 saturated heterocycles. The molecule has 1 rings (SSSR count). The predicted octanol–water partition coefficient (Wildman–Crippen LogP) is 1.29. The van der Waals surface area contributed by atoms with E-state index in [9.17, 15) is 14.7 Å². The van der Waals surface area contributed by atoms with Crippen LogP contribution >= 0.6 is 0 Å². The molecular formula is C12H15NO4. The lowest BCUT2D eigenvalue weighted by molar-refractivity contribution is -0.137. The smallest absolute Gasteiger partial charge is 0.305 e. The molecule has 1 atom stereocenters. The Kier molecular flexibility index (Phi) is 4.09. The molecule has 0 aromatic heterocycles. The maximum Gasteiger partial charge on any atom is 0.305 e. The number of carboxylic acids is 1. The molecule has 0 aliphatic heterocycles. The number of aryl methyl sites for hydroxylation is 1. The van der Waals surface area contributed by atoms with Crippen LogP contribution in [0, 0.1) is 6.92 Å². The second-order valence-corrected chi connectivity index (χ2v) is 3.94. The number of para-hydroxylation sites is 1. The van der Waals surface area contributed by atoms with E-state index in [-0.39, 0.29) is 17.7 Å². The van der Waals surface area contributed by atoms with E-state index >= 15 is 0 Å². The summed E-state index contributed by atoms with van der Waals surface area (Å²) in [5, 5.41) is 20.8. The highest BCUT2D eigenvalue weighted by Gasteiger charge is 2.16. The number of carbonyl (C=O) groups excluding carboxylic acids is 1. The number of aliphatic carboxylic acids is 1. The molecule has 0 heterocycles. The van der Waals surface area contributed by atoms with Crippen LogP contribution in [0.1, 0.15) is 29.3 Å². The van der Waals surface area contributed by atoms with E-state index in [0.29, 0.717) is 5.56 Å². The third-order valence-electron chi connectivity index (χ3n) is 2.34. The molecule has 5 heteroatoms. The van der Waals surface area contributed by atoms with E-state index in [2.05, 4.69) is 5.32 Å². The van der Waals surface area contributed by atoms with Gasteiger partial charge in [0.2, 0.25) is 0 Å². The minimum atomic E-state index is -0.980. The summed E-state index contributed by atoms with van der Waals surface area (Å²) in [5.41, 5.74) is 0.755. The fourth-order valence-corrected chi connectivity index (χ4v) is 1.46. The molecule has 0 fully saturated rings. The zero-order chi connectivity index (χ0) is 13.0. The zero-order valence-electron chi connectivity index (χ0n) is 9.73. The Labute approximate surface area is 99.1 Å². The highest BCUT2D eigenvalue weighted by molar-refractivity contribution is 5.97. The number of rotatable bonds is 4. The first-order valence-corrected chi connectivity index (χ1v) is 5.23. The van der Waals surface area contributed by atoms with Crippen molar-refractivity contribution in [2.24, 2.45) is 0 Å². The molecule has 1 aromatic rings. The minimum Gasteiger partial charge on any atom is -0.507 e. The number of hydrogen-bond donors (Lipinski definition) is 3. The Balaban J connectivity index is 2.77. The van der Waals surface area contributed by atoms with E-state index in [1.165, 1.54) is 6.07 Å². The van der Waals surface area contributed by atoms with E-state index in [1.807, 2.05) is 0 Å². The molecule has 0 aliphatic carbocycles. The first kappa shape index (κ1) is 13.0. The van der Waals surface area contributed by atoms with Crippen molar-refractivity contribution in [1.29, 1.82) is 0 Å². The molecule has 0 radical (unpaired) electrons. The van der Waals surface area contributed by atoms with Gasteiger partial charge < -0.3 is 15.5 Å². The molecule has 0 bridgehead atoms. The van der Waals surface area contributed by atoms with Gasteiger partial charge in [-0.25, -0.2) is 0 Å². The Hall–Kier alpha value is -2.04. The lowest BCUT2D eigenvalue weighted by atomic mass is 10.1. The van der Waals surface area contributed by atoms with Gasteiger partial charge >= 0.3 is 5.97 Å². The maximum atomic E-state index is 11.7. The third kappa shape index (κ3) is 3.48. The molecule has 0 saturated carbocycles. The van der Waals surface area contributed by atoms with Crippen LogP contribution in [0.15, 0.2) is 18.2 Å². The van der Waals surface area contributed by atoms with Gasteiger partial charge in [-0.3, -0.25) is 9.59 Å². The second-order valence-electron chi connectivity index (χ2n) is 3.94. The van der Waals surface area contributed by atoms with Gasteiger partial charge in [-0.05, 0) is 25.5 Å². The van der Waals surface area contributed by atoms with Gasteiger partial charge in [0, 0.05) is 6.04 Å². The third-order valence-corrected chi connectivity index (χ3v) is 2.34. The molecule has 92 valence electrons. The summed E-state index contributed by atoms with van der Waals surface area (Å²) in [5.74, 6) is -1.53. The SMILES string of the molecule is Cc1cccc(C(=O)NC(C)CC(=O)O)c1O. The van der Waals surface area contributed by atoms with Crippen LogP contribution in [-0.4, -0.2) is 28.1 Å². The molecule has 1 aromatic carbocycles. The quantitative estimate of drug-likeness (QED) is 0.736. The van der Waals surface area contributed by atoms with Crippen LogP contribution in [0.4, 0.5) is 0 Å². The molecule has 0 aliphatic rings. The number of benzene rings is 1. The normalized spacial score (nSPS) is 11.9. The Morgan fingerprint density at radius 3 is 2.65 bits per heavy atom. The van der Waals surface area contributed by atoms with Gasteiger partial charge in [0.15, 0.2) is 0 Å². The Morgan fingerprint density at radius 1 is 1.41 bits per heavy atom. The monoisotopic (exact) mass is 237 g/mol. The lowest BCUT2D eigenvalue weighted by Gasteiger charge is -2.12. The van der Waals surface area contributed by atoms with Crippen molar-refractivity contribution >= 4 is 11.9 Å². The summed E-state index contributed by atoms with van der Waals surface area (Å²) in [6, 6.07) is 4.35. The Bertz CT molecular complexity index is 442. The van der Waals surface area contributed by atoms with Crippen molar-refractivity contribution in [3.8, 4) is 5.75 Å². The van der Waals surface area contributed by atoms with E-state index in [0.717, 1.165) is 0 Å². The van der Waals surface area contributed by atoms with Crippen molar-refractivity contribution < 1.29 is 19.8 Å². The molecule has 3 N–H and O–H groups in total. The van der Waals surface area contributed by atoms with Crippen LogP contribution in [-0.2, 0) is 4.79 Å². The van der Waals surface area contributed by atoms with E-state index in [4.69, 9.17) is 5.11 Å². The minimum absolute atomic E-state index is 0.0764. The summed E-state index contributed by atoms with van der Waals surface area (Å²) in [4.78, 5) is 22.2. The summed E-state index contributed by atoms with van der Waals surface area (Å²) in [6.45, 7) is 3.28. The van der Waals surface area contributed by atoms with Crippen LogP contribution in [0.25, 0.3) is 0 Å². The topological polar surface area (TPSA) is 86.6 Å². The van der Waals surface area contributed by atoms with Gasteiger partial charge in [-0.1, -0.05) is 12.1 Å². The number of phenols is 1. The van der Waals surface area contributed by atoms with Crippen molar-refractivity contribution in [2.75, 3.05) is 0 Å². The van der Waals surface area contributed by atoms with Crippen molar-refractivity contribution in [3.05, 3.63) is 29.3 Å². The predicted molar refractivity (Wildman–Crippen MR) is 62.0 cm³/mol. The number of nitrogens with one attached hydrogen (secondary N) is 1. The van der Waals surface area contributed by atoms with E-state index < -0.39 is 17.9 Å². The van der Waals surface area contributed by atoms with Crippen molar-refractivity contribution in [2.45, 2.75) is 26.3 Å². The molecular weight excluding hydrogens is 222 g/mol. The number of hydrogen-bond acceptors (Lipinski definition) is 3. The van der Waals surface area contributed by atoms with Crippen LogP contribution in [0.3, 0.4) is 0 Å². The second kappa shape index (κ2) is 5.34. The molecule has 1 amide bonds. The molecule has 1 unspecified atom stereocenters. The average molecular weight is 237 g/mol. The maximum absolute atomic E-state index is 11.7. The van der Waals surface area contributed by atoms with Gasteiger partial charge in [0.05, 0.1) is 12.0 Å². The highest BCUT2D eigenvalue weighted by Crippen LogP contribution is 2.21. The standard InChI is InChI=1S/C12H15NO4/c1-7-4-3-5-9(11(7)16)12(17)13-8(2)6-10(14)15/h3-5,8,16H,6H2,1-2H3,(H,13,17)(H,14,15). The van der Waals surface area contributed by atoms with Crippen molar-refractivity contribution in [3.63, 3.8) is 0 Å². The fourth-order valence-electron chi connectivity index (χ4n) is 1.46. The van der Waals surface area contributed by atoms with Crippen LogP contribution in [0.5, 0.6) is 5.75 Å². The van der Waals surface area contributed by atoms with Gasteiger partial charge in [-0.2, -0.15) is 0 Å². The van der Waals surface area contributed by atoms with Crippen molar-refractivity contribution in [1.82, 2.24) is 5.32 Å². The molecule has 0 spiro atoms. The van der Waals surface area contributed by atoms with Crippen LogP contribution in [0.2, 0.25) is 0 Å². The average Bonchev–Trinajstić information content (AvgIpc) is 2.20. The number of carboxylic acid groups (broad SMARTS) is 1. The lowest BCUT2D eigenvalue weighted by Crippen LogP contribution is -2.34. The van der Waals surface area contributed by atoms with E-state index in [1.54, 1.807) is 26.0 Å². The molecule has 5 nitrogen and oxygen atoms in total. The van der Waals surface area contributed by atoms with Gasteiger partial charge in [0.25, 0.3) is 5.91 Å². The largest absolute Gasteiger partial charge is 0.507 e. The Morgan fingerprint density at radius 2 is 2.06 bits per heavy atom. The number of aromatic hydroxyl groups is 1. The highest BCUT2D eigenvalue weighted by atomic mass is 16.4. The summed E-state index contributed by atoms with van der Waals surface area (Å²) in [7, 11) is 0. The first-order chi connectivity index (χ1) is 7.91. The van der Waals surface area contributed by atoms with Gasteiger partial charge in [-0.15, -0.1) is 0 Å². The van der Waals surface area contributed by atoms with Gasteiger partial charge in [0.1, 0.15) is 5.75 Å². The number of amides is 1. The fraction of sp³-hybridized carbons (Fsp3) is 0.333. The first-order valence-electron chi connectivity index (χ1n) is 5.23. The summed E-state index contributed by atoms with van der Waals surface area (Å²) >= 11 is 0. The van der Waals surface area contributed by atoms with Crippen LogP contribution < -0.4 is 5.32 Å². The molecule has 17 heavy (non-hydrogen) atoms. The number of carbonyl (C=O) groups is 2. The zero-order valence-corrected chi connectivity index (χ0v) is 9.73.